The molecule has 2 N–H and O–H groups in total. The van der Waals surface area contributed by atoms with Gasteiger partial charge in [-0.2, -0.15) is 0 Å². The van der Waals surface area contributed by atoms with Gasteiger partial charge in [0.2, 0.25) is 0 Å². The molecule has 2 aromatic carbocycles. The molecular weight excluding hydrogens is 318 g/mol. The lowest BCUT2D eigenvalue weighted by Crippen LogP contribution is -2.35. The highest BCUT2D eigenvalue weighted by Gasteiger charge is 2.20. The fourth-order valence-corrected chi connectivity index (χ4v) is 2.60. The average molecular weight is 346 g/mol. The minimum atomic E-state index is -0.00931. The van der Waals surface area contributed by atoms with Crippen LogP contribution in [0.5, 0.6) is 5.75 Å². The molecule has 0 saturated carbocycles. The largest absolute Gasteiger partial charge is 0.507 e. The van der Waals surface area contributed by atoms with Gasteiger partial charge in [0.15, 0.2) is 0 Å². The summed E-state index contributed by atoms with van der Waals surface area (Å²) in [5.41, 5.74) is 3.94. The molecule has 130 valence electrons. The first-order chi connectivity index (χ1) is 11.0. The summed E-state index contributed by atoms with van der Waals surface area (Å²) in [6.45, 7) is 13.6. The SMILES string of the molecule is CC(C)(C)NCc1cc(C(C)(C)C)cc(-c2ccc(Cl)cc2)c1O. The van der Waals surface area contributed by atoms with Gasteiger partial charge in [-0.15, -0.1) is 0 Å². The standard InChI is InChI=1S/C21H28ClNO/c1-20(2,3)16-11-15(13-23-21(4,5)6)19(24)18(12-16)14-7-9-17(22)10-8-14/h7-12,23-24H,13H2,1-6H3. The summed E-state index contributed by atoms with van der Waals surface area (Å²) in [6, 6.07) is 11.8. The molecule has 0 aromatic heterocycles. The summed E-state index contributed by atoms with van der Waals surface area (Å²) >= 11 is 6.00. The van der Waals surface area contributed by atoms with Crippen LogP contribution >= 0.6 is 11.6 Å². The van der Waals surface area contributed by atoms with Crippen LogP contribution in [-0.4, -0.2) is 10.6 Å². The monoisotopic (exact) mass is 345 g/mol. The van der Waals surface area contributed by atoms with Crippen molar-refractivity contribution >= 4 is 11.6 Å². The van der Waals surface area contributed by atoms with E-state index >= 15 is 0 Å². The van der Waals surface area contributed by atoms with Gasteiger partial charge in [-0.3, -0.25) is 0 Å². The van der Waals surface area contributed by atoms with Crippen molar-refractivity contribution in [2.75, 3.05) is 0 Å². The van der Waals surface area contributed by atoms with E-state index in [1.165, 1.54) is 5.56 Å². The first kappa shape index (κ1) is 18.8. The fraction of sp³-hybridized carbons (Fsp3) is 0.429. The van der Waals surface area contributed by atoms with Crippen molar-refractivity contribution in [2.24, 2.45) is 0 Å². The molecule has 0 aliphatic heterocycles. The number of phenols is 1. The predicted molar refractivity (Wildman–Crippen MR) is 104 cm³/mol. The van der Waals surface area contributed by atoms with Gasteiger partial charge in [0, 0.05) is 28.2 Å². The maximum atomic E-state index is 10.8. The molecule has 0 heterocycles. The topological polar surface area (TPSA) is 32.3 Å². The van der Waals surface area contributed by atoms with E-state index in [4.69, 9.17) is 11.6 Å². The van der Waals surface area contributed by atoms with Crippen molar-refractivity contribution in [1.29, 1.82) is 0 Å². The predicted octanol–water partition coefficient (Wildman–Crippen LogP) is 5.90. The first-order valence-corrected chi connectivity index (χ1v) is 8.72. The number of phenolic OH excluding ortho intramolecular Hbond substituents is 1. The van der Waals surface area contributed by atoms with E-state index in [2.05, 4.69) is 59.0 Å². The summed E-state index contributed by atoms with van der Waals surface area (Å²) in [5.74, 6) is 0.335. The van der Waals surface area contributed by atoms with Gasteiger partial charge in [-0.05, 0) is 55.5 Å². The maximum absolute atomic E-state index is 10.8. The Morgan fingerprint density at radius 2 is 1.54 bits per heavy atom. The Balaban J connectivity index is 2.54. The molecule has 24 heavy (non-hydrogen) atoms. The van der Waals surface area contributed by atoms with Crippen molar-refractivity contribution in [3.05, 3.63) is 52.5 Å². The molecule has 0 fully saturated rings. The van der Waals surface area contributed by atoms with Gasteiger partial charge >= 0.3 is 0 Å². The number of rotatable bonds is 3. The Morgan fingerprint density at radius 3 is 2.04 bits per heavy atom. The van der Waals surface area contributed by atoms with Crippen molar-refractivity contribution < 1.29 is 5.11 Å². The van der Waals surface area contributed by atoms with Gasteiger partial charge < -0.3 is 10.4 Å². The molecule has 2 nitrogen and oxygen atoms in total. The number of aromatic hydroxyl groups is 1. The zero-order valence-corrected chi connectivity index (χ0v) is 16.3. The van der Waals surface area contributed by atoms with Crippen LogP contribution in [0, 0.1) is 0 Å². The Morgan fingerprint density at radius 1 is 0.958 bits per heavy atom. The Bertz CT molecular complexity index is 706. The van der Waals surface area contributed by atoms with Gasteiger partial charge in [0.1, 0.15) is 5.75 Å². The summed E-state index contributed by atoms with van der Waals surface area (Å²) in [7, 11) is 0. The second kappa shape index (κ2) is 6.78. The molecule has 2 aromatic rings. The van der Waals surface area contributed by atoms with E-state index in [9.17, 15) is 5.11 Å². The van der Waals surface area contributed by atoms with Gasteiger partial charge in [-0.25, -0.2) is 0 Å². The molecule has 0 unspecified atom stereocenters. The molecule has 0 radical (unpaired) electrons. The second-order valence-electron chi connectivity index (χ2n) is 8.39. The van der Waals surface area contributed by atoms with Crippen LogP contribution in [0.4, 0.5) is 0 Å². The molecule has 0 bridgehead atoms. The lowest BCUT2D eigenvalue weighted by Gasteiger charge is -2.25. The molecule has 0 saturated heterocycles. The highest BCUT2D eigenvalue weighted by Crippen LogP contribution is 2.37. The zero-order chi connectivity index (χ0) is 18.1. The highest BCUT2D eigenvalue weighted by molar-refractivity contribution is 6.30. The number of benzene rings is 2. The van der Waals surface area contributed by atoms with E-state index in [-0.39, 0.29) is 11.0 Å². The normalized spacial score (nSPS) is 12.5. The highest BCUT2D eigenvalue weighted by atomic mass is 35.5. The van der Waals surface area contributed by atoms with Crippen LogP contribution in [-0.2, 0) is 12.0 Å². The molecule has 3 heteroatoms. The molecule has 0 aliphatic rings. The molecule has 0 atom stereocenters. The lowest BCUT2D eigenvalue weighted by atomic mass is 9.83. The van der Waals surface area contributed by atoms with Crippen LogP contribution in [0.25, 0.3) is 11.1 Å². The van der Waals surface area contributed by atoms with Crippen molar-refractivity contribution in [2.45, 2.75) is 59.0 Å². The number of nitrogens with one attached hydrogen (secondary N) is 1. The Labute approximate surface area is 150 Å². The fourth-order valence-electron chi connectivity index (χ4n) is 2.47. The third-order valence-electron chi connectivity index (χ3n) is 4.02. The van der Waals surface area contributed by atoms with E-state index in [1.807, 2.05) is 24.3 Å². The first-order valence-electron chi connectivity index (χ1n) is 8.35. The van der Waals surface area contributed by atoms with E-state index in [0.717, 1.165) is 16.7 Å². The van der Waals surface area contributed by atoms with Crippen LogP contribution in [0.15, 0.2) is 36.4 Å². The van der Waals surface area contributed by atoms with E-state index < -0.39 is 0 Å². The smallest absolute Gasteiger partial charge is 0.127 e. The molecule has 0 amide bonds. The zero-order valence-electron chi connectivity index (χ0n) is 15.5. The second-order valence-corrected chi connectivity index (χ2v) is 8.83. The Kier molecular flexibility index (Phi) is 5.31. The summed E-state index contributed by atoms with van der Waals surface area (Å²) in [4.78, 5) is 0. The van der Waals surface area contributed by atoms with Gasteiger partial charge in [-0.1, -0.05) is 50.6 Å². The van der Waals surface area contributed by atoms with E-state index in [0.29, 0.717) is 17.3 Å². The van der Waals surface area contributed by atoms with Crippen molar-refractivity contribution in [3.8, 4) is 16.9 Å². The number of halogens is 1. The summed E-state index contributed by atoms with van der Waals surface area (Å²) in [6.07, 6.45) is 0. The third-order valence-corrected chi connectivity index (χ3v) is 4.27. The minimum absolute atomic E-state index is 0.00532. The van der Waals surface area contributed by atoms with Crippen molar-refractivity contribution in [3.63, 3.8) is 0 Å². The molecule has 2 rings (SSSR count). The quantitative estimate of drug-likeness (QED) is 0.726. The van der Waals surface area contributed by atoms with Gasteiger partial charge in [0.05, 0.1) is 0 Å². The van der Waals surface area contributed by atoms with Crippen LogP contribution < -0.4 is 5.32 Å². The summed E-state index contributed by atoms with van der Waals surface area (Å²) in [5, 5.41) is 15.0. The lowest BCUT2D eigenvalue weighted by molar-refractivity contribution is 0.411. The number of hydrogen-bond donors (Lipinski definition) is 2. The average Bonchev–Trinajstić information content (AvgIpc) is 2.45. The number of hydrogen-bond acceptors (Lipinski definition) is 2. The van der Waals surface area contributed by atoms with Crippen LogP contribution in [0.2, 0.25) is 5.02 Å². The third kappa shape index (κ3) is 4.75. The molecular formula is C21H28ClNO. The Hall–Kier alpha value is -1.51. The van der Waals surface area contributed by atoms with Crippen LogP contribution in [0.1, 0.15) is 52.7 Å². The van der Waals surface area contributed by atoms with Crippen LogP contribution in [0.3, 0.4) is 0 Å². The van der Waals surface area contributed by atoms with Gasteiger partial charge in [0.25, 0.3) is 0 Å². The maximum Gasteiger partial charge on any atom is 0.127 e. The molecule has 0 aliphatic carbocycles. The minimum Gasteiger partial charge on any atom is -0.507 e. The molecule has 0 spiro atoms. The van der Waals surface area contributed by atoms with Crippen molar-refractivity contribution in [1.82, 2.24) is 5.32 Å². The van der Waals surface area contributed by atoms with E-state index in [1.54, 1.807) is 0 Å². The summed E-state index contributed by atoms with van der Waals surface area (Å²) < 4.78 is 0.